The number of aromatic nitrogens is 1. The first-order valence-corrected chi connectivity index (χ1v) is 8.76. The summed E-state index contributed by atoms with van der Waals surface area (Å²) in [6, 6.07) is 8.13. The maximum absolute atomic E-state index is 6.02. The number of nitrogens with zero attached hydrogens (tertiary/aromatic N) is 1. The van der Waals surface area contributed by atoms with Gasteiger partial charge in [0.25, 0.3) is 0 Å². The number of rotatable bonds is 4. The van der Waals surface area contributed by atoms with Crippen LogP contribution in [0.2, 0.25) is 0 Å². The second-order valence-corrected chi connectivity index (χ2v) is 6.80. The van der Waals surface area contributed by atoms with E-state index in [2.05, 4.69) is 52.9 Å². The van der Waals surface area contributed by atoms with E-state index in [1.165, 1.54) is 0 Å². The molecule has 3 aromatic rings. The number of halogens is 1. The molecule has 2 aromatic heterocycles. The molecule has 24 heavy (non-hydrogen) atoms. The molecule has 2 nitrogen and oxygen atoms in total. The molecule has 2 heterocycles. The molecule has 0 aliphatic carbocycles. The zero-order valence-corrected chi connectivity index (χ0v) is 15.9. The molecule has 0 saturated carbocycles. The summed E-state index contributed by atoms with van der Waals surface area (Å²) in [5, 5.41) is 2.09. The van der Waals surface area contributed by atoms with Gasteiger partial charge in [-0.1, -0.05) is 37.0 Å². The Morgan fingerprint density at radius 2 is 1.96 bits per heavy atom. The first kappa shape index (κ1) is 16.7. The van der Waals surface area contributed by atoms with Crippen molar-refractivity contribution in [3.8, 4) is 0 Å². The van der Waals surface area contributed by atoms with Crippen molar-refractivity contribution in [2.75, 3.05) is 0 Å². The standard InChI is InChI=1S/C21H18INO/c1-5-15(13(2)3)9-8-14(4)19-18(22)11-10-16-17-7-6-12-23-21(17)24-20(16)19/h5-12H,2,4H2,1,3H3/b9-8-,15-5+. The molecule has 0 spiro atoms. The minimum atomic E-state index is 0.656. The summed E-state index contributed by atoms with van der Waals surface area (Å²) >= 11 is 2.32. The van der Waals surface area contributed by atoms with Crippen LogP contribution in [0, 0.1) is 3.57 Å². The van der Waals surface area contributed by atoms with E-state index in [0.717, 1.165) is 42.2 Å². The number of pyridine rings is 1. The predicted molar refractivity (Wildman–Crippen MR) is 111 cm³/mol. The van der Waals surface area contributed by atoms with Crippen molar-refractivity contribution >= 4 is 50.2 Å². The molecule has 0 N–H and O–H groups in total. The van der Waals surface area contributed by atoms with Crippen LogP contribution in [0.4, 0.5) is 0 Å². The largest absolute Gasteiger partial charge is 0.437 e. The van der Waals surface area contributed by atoms with Crippen molar-refractivity contribution in [2.24, 2.45) is 0 Å². The molecule has 0 unspecified atom stereocenters. The first-order valence-electron chi connectivity index (χ1n) is 7.68. The third-order valence-electron chi connectivity index (χ3n) is 3.96. The van der Waals surface area contributed by atoms with E-state index in [9.17, 15) is 0 Å². The number of hydrogen-bond acceptors (Lipinski definition) is 2. The van der Waals surface area contributed by atoms with Crippen LogP contribution in [0.1, 0.15) is 19.4 Å². The lowest BCUT2D eigenvalue weighted by atomic mass is 10.0. The molecule has 1 aromatic carbocycles. The molecule has 0 atom stereocenters. The van der Waals surface area contributed by atoms with Crippen molar-refractivity contribution in [2.45, 2.75) is 13.8 Å². The van der Waals surface area contributed by atoms with Crippen LogP contribution in [0.25, 0.3) is 27.6 Å². The van der Waals surface area contributed by atoms with E-state index in [0.29, 0.717) is 5.71 Å². The smallest absolute Gasteiger partial charge is 0.227 e. The number of hydrogen-bond donors (Lipinski definition) is 0. The van der Waals surface area contributed by atoms with Gasteiger partial charge < -0.3 is 4.42 Å². The quantitative estimate of drug-likeness (QED) is 0.343. The van der Waals surface area contributed by atoms with Gasteiger partial charge in [-0.15, -0.1) is 0 Å². The van der Waals surface area contributed by atoms with Gasteiger partial charge in [-0.2, -0.15) is 0 Å². The van der Waals surface area contributed by atoms with Gasteiger partial charge in [-0.05, 0) is 71.9 Å². The van der Waals surface area contributed by atoms with Crippen LogP contribution in [-0.2, 0) is 0 Å². The van der Waals surface area contributed by atoms with E-state index in [1.54, 1.807) is 6.20 Å². The Morgan fingerprint density at radius 3 is 2.67 bits per heavy atom. The van der Waals surface area contributed by atoms with E-state index in [1.807, 2.05) is 44.2 Å². The highest BCUT2D eigenvalue weighted by atomic mass is 127. The lowest BCUT2D eigenvalue weighted by Gasteiger charge is -2.06. The van der Waals surface area contributed by atoms with Gasteiger partial charge in [-0.25, -0.2) is 4.98 Å². The Hall–Kier alpha value is -2.14. The van der Waals surface area contributed by atoms with Gasteiger partial charge in [0, 0.05) is 26.1 Å². The molecule has 0 bridgehead atoms. The summed E-state index contributed by atoms with van der Waals surface area (Å²) in [5.41, 5.74) is 5.54. The van der Waals surface area contributed by atoms with Crippen molar-refractivity contribution in [3.05, 3.63) is 82.1 Å². The second kappa shape index (κ2) is 6.77. The topological polar surface area (TPSA) is 26.0 Å². The van der Waals surface area contributed by atoms with Crippen LogP contribution >= 0.6 is 22.6 Å². The number of allylic oxidation sites excluding steroid dienone is 6. The Balaban J connectivity index is 2.15. The normalized spacial score (nSPS) is 12.4. The Morgan fingerprint density at radius 1 is 1.17 bits per heavy atom. The summed E-state index contributed by atoms with van der Waals surface area (Å²) in [6.07, 6.45) is 7.85. The Labute approximate surface area is 155 Å². The van der Waals surface area contributed by atoms with Gasteiger partial charge in [0.2, 0.25) is 5.71 Å². The summed E-state index contributed by atoms with van der Waals surface area (Å²) in [6.45, 7) is 12.2. The molecular formula is C21H18INO. The fourth-order valence-electron chi connectivity index (χ4n) is 2.71. The summed E-state index contributed by atoms with van der Waals surface area (Å²) in [5.74, 6) is 0. The molecule has 3 rings (SSSR count). The van der Waals surface area contributed by atoms with Gasteiger partial charge >= 0.3 is 0 Å². The minimum Gasteiger partial charge on any atom is -0.437 e. The van der Waals surface area contributed by atoms with Crippen LogP contribution in [0.15, 0.2) is 77.4 Å². The van der Waals surface area contributed by atoms with E-state index in [-0.39, 0.29) is 0 Å². The molecule has 3 heteroatoms. The highest BCUT2D eigenvalue weighted by Gasteiger charge is 2.15. The zero-order chi connectivity index (χ0) is 17.3. The van der Waals surface area contributed by atoms with Gasteiger partial charge in [0.1, 0.15) is 5.58 Å². The zero-order valence-electron chi connectivity index (χ0n) is 13.8. The highest BCUT2D eigenvalue weighted by molar-refractivity contribution is 14.1. The predicted octanol–water partition coefficient (Wildman–Crippen LogP) is 6.68. The Bertz CT molecular complexity index is 1020. The highest BCUT2D eigenvalue weighted by Crippen LogP contribution is 2.35. The minimum absolute atomic E-state index is 0.656. The van der Waals surface area contributed by atoms with E-state index >= 15 is 0 Å². The molecule has 0 aliphatic heterocycles. The number of fused-ring (bicyclic) bond motifs is 3. The summed E-state index contributed by atoms with van der Waals surface area (Å²) in [7, 11) is 0. The lowest BCUT2D eigenvalue weighted by molar-refractivity contribution is 0.652. The number of furan rings is 1. The third-order valence-corrected chi connectivity index (χ3v) is 4.85. The fraction of sp³-hybridized carbons (Fsp3) is 0.0952. The molecule has 0 saturated heterocycles. The maximum atomic E-state index is 6.02. The third kappa shape index (κ3) is 2.96. The molecule has 0 amide bonds. The van der Waals surface area contributed by atoms with Crippen LogP contribution in [0.5, 0.6) is 0 Å². The first-order chi connectivity index (χ1) is 11.5. The van der Waals surface area contributed by atoms with Crippen molar-refractivity contribution < 1.29 is 4.42 Å². The molecule has 0 fully saturated rings. The van der Waals surface area contributed by atoms with E-state index < -0.39 is 0 Å². The van der Waals surface area contributed by atoms with Crippen LogP contribution < -0.4 is 0 Å². The van der Waals surface area contributed by atoms with Crippen molar-refractivity contribution in [1.29, 1.82) is 0 Å². The van der Waals surface area contributed by atoms with E-state index in [4.69, 9.17) is 4.42 Å². The van der Waals surface area contributed by atoms with Gasteiger partial charge in [-0.3, -0.25) is 0 Å². The lowest BCUT2D eigenvalue weighted by Crippen LogP contribution is -1.87. The van der Waals surface area contributed by atoms with Crippen LogP contribution in [-0.4, -0.2) is 4.98 Å². The van der Waals surface area contributed by atoms with Crippen molar-refractivity contribution in [1.82, 2.24) is 4.98 Å². The molecule has 0 radical (unpaired) electrons. The van der Waals surface area contributed by atoms with Crippen LogP contribution in [0.3, 0.4) is 0 Å². The second-order valence-electron chi connectivity index (χ2n) is 5.64. The number of benzene rings is 1. The average molecular weight is 427 g/mol. The average Bonchev–Trinajstić information content (AvgIpc) is 2.93. The summed E-state index contributed by atoms with van der Waals surface area (Å²) in [4.78, 5) is 4.32. The molecule has 0 aliphatic rings. The summed E-state index contributed by atoms with van der Waals surface area (Å²) < 4.78 is 7.13. The SMILES string of the molecule is C=C(C)C(/C=C\C(=C)c1c(I)ccc2c1oc1ncccc12)=C/C. The van der Waals surface area contributed by atoms with Crippen molar-refractivity contribution in [3.63, 3.8) is 0 Å². The van der Waals surface area contributed by atoms with Gasteiger partial charge in [0.15, 0.2) is 0 Å². The molecular weight excluding hydrogens is 409 g/mol. The fourth-order valence-corrected chi connectivity index (χ4v) is 3.48. The monoisotopic (exact) mass is 427 g/mol. The Kier molecular flexibility index (Phi) is 4.71. The molecule has 120 valence electrons. The van der Waals surface area contributed by atoms with Gasteiger partial charge in [0.05, 0.1) is 0 Å². The maximum Gasteiger partial charge on any atom is 0.227 e.